The molecule has 0 aliphatic rings. The predicted molar refractivity (Wildman–Crippen MR) is 109 cm³/mol. The number of aromatic amines is 1. The van der Waals surface area contributed by atoms with Crippen molar-refractivity contribution in [1.82, 2.24) is 25.9 Å². The quantitative estimate of drug-likeness (QED) is 0.173. The van der Waals surface area contributed by atoms with E-state index in [0.717, 1.165) is 0 Å². The van der Waals surface area contributed by atoms with Crippen molar-refractivity contribution in [3.8, 4) is 0 Å². The van der Waals surface area contributed by atoms with Crippen LogP contribution in [0.2, 0.25) is 0 Å². The average molecular weight is 445 g/mol. The molecule has 0 aromatic carbocycles. The van der Waals surface area contributed by atoms with Crippen LogP contribution in [-0.4, -0.2) is 86.7 Å². The molecule has 0 saturated heterocycles. The minimum atomic E-state index is -1.40. The number of nitrogens with two attached hydrogens (primary N) is 1. The zero-order valence-electron chi connectivity index (χ0n) is 16.8. The van der Waals surface area contributed by atoms with E-state index in [0.29, 0.717) is 11.4 Å². The number of imidazole rings is 1. The smallest absolute Gasteiger partial charge is 0.326 e. The molecule has 30 heavy (non-hydrogen) atoms. The molecule has 8 N–H and O–H groups in total. The number of carbonyl (C=O) groups excluding carboxylic acids is 3. The first-order chi connectivity index (χ1) is 14.2. The second kappa shape index (κ2) is 12.8. The number of H-pyrrole nitrogens is 1. The van der Waals surface area contributed by atoms with Gasteiger partial charge in [0.1, 0.15) is 18.1 Å². The molecule has 0 bridgehead atoms. The zero-order valence-corrected chi connectivity index (χ0v) is 17.6. The molecule has 0 fully saturated rings. The van der Waals surface area contributed by atoms with E-state index in [9.17, 15) is 29.4 Å². The Kier molecular flexibility index (Phi) is 10.9. The van der Waals surface area contributed by atoms with Crippen LogP contribution in [0.25, 0.3) is 0 Å². The third-order valence-corrected chi connectivity index (χ3v) is 4.71. The number of rotatable bonds is 13. The Hall–Kier alpha value is -2.64. The number of aliphatic carboxylic acids is 1. The SMILES string of the molecule is CSCCC(NC(=O)C(C)N)C(=O)NC(CO)C(=O)NC(Cc1cnc[nH]1)C(=O)O. The number of thioether (sulfide) groups is 1. The van der Waals surface area contributed by atoms with E-state index < -0.39 is 54.5 Å². The van der Waals surface area contributed by atoms with E-state index in [2.05, 4.69) is 25.9 Å². The van der Waals surface area contributed by atoms with Crippen molar-refractivity contribution >= 4 is 35.5 Å². The molecule has 12 nitrogen and oxygen atoms in total. The van der Waals surface area contributed by atoms with Gasteiger partial charge in [-0.2, -0.15) is 11.8 Å². The van der Waals surface area contributed by atoms with Crippen LogP contribution >= 0.6 is 11.8 Å². The molecular weight excluding hydrogens is 416 g/mol. The van der Waals surface area contributed by atoms with Gasteiger partial charge >= 0.3 is 5.97 Å². The lowest BCUT2D eigenvalue weighted by atomic mass is 10.1. The molecule has 0 spiro atoms. The lowest BCUT2D eigenvalue weighted by Crippen LogP contribution is -2.58. The van der Waals surface area contributed by atoms with E-state index in [1.54, 1.807) is 0 Å². The Morgan fingerprint density at radius 3 is 2.23 bits per heavy atom. The van der Waals surface area contributed by atoms with Crippen LogP contribution in [0.5, 0.6) is 0 Å². The first-order valence-electron chi connectivity index (χ1n) is 9.16. The first kappa shape index (κ1) is 25.4. The molecule has 1 rings (SSSR count). The number of aliphatic hydroxyl groups is 1. The normalized spacial score (nSPS) is 14.8. The number of aliphatic hydroxyl groups excluding tert-OH is 1. The molecule has 1 aromatic heterocycles. The van der Waals surface area contributed by atoms with Crippen LogP contribution < -0.4 is 21.7 Å². The Labute approximate surface area is 177 Å². The van der Waals surface area contributed by atoms with Gasteiger partial charge in [-0.15, -0.1) is 0 Å². The number of hydrogen-bond acceptors (Lipinski definition) is 8. The van der Waals surface area contributed by atoms with Gasteiger partial charge in [0.05, 0.1) is 19.0 Å². The number of carboxylic acids is 1. The van der Waals surface area contributed by atoms with Crippen molar-refractivity contribution in [1.29, 1.82) is 0 Å². The molecule has 0 aliphatic carbocycles. The maximum atomic E-state index is 12.6. The predicted octanol–water partition coefficient (Wildman–Crippen LogP) is -2.42. The van der Waals surface area contributed by atoms with Gasteiger partial charge in [0.25, 0.3) is 0 Å². The Morgan fingerprint density at radius 1 is 1.13 bits per heavy atom. The van der Waals surface area contributed by atoms with Crippen LogP contribution in [0.3, 0.4) is 0 Å². The van der Waals surface area contributed by atoms with E-state index in [1.165, 1.54) is 31.2 Å². The number of carboxylic acid groups (broad SMARTS) is 1. The standard InChI is InChI=1S/C17H28N6O6S/c1-9(18)14(25)21-11(3-4-30-2)15(26)23-13(7-24)16(27)22-12(17(28)29)5-10-6-19-8-20-10/h6,8-9,11-13,24H,3-5,7,18H2,1-2H3,(H,19,20)(H,21,25)(H,22,27)(H,23,26)(H,28,29). The highest BCUT2D eigenvalue weighted by Crippen LogP contribution is 2.03. The molecule has 0 aliphatic heterocycles. The van der Waals surface area contributed by atoms with Gasteiger partial charge < -0.3 is 36.9 Å². The van der Waals surface area contributed by atoms with Crippen LogP contribution in [0.1, 0.15) is 19.0 Å². The van der Waals surface area contributed by atoms with Crippen LogP contribution in [0, 0.1) is 0 Å². The molecule has 4 atom stereocenters. The minimum absolute atomic E-state index is 0.0615. The number of aromatic nitrogens is 2. The summed E-state index contributed by atoms with van der Waals surface area (Å²) in [5.41, 5.74) is 6.00. The van der Waals surface area contributed by atoms with E-state index in [-0.39, 0.29) is 12.8 Å². The molecule has 168 valence electrons. The summed E-state index contributed by atoms with van der Waals surface area (Å²) >= 11 is 1.46. The largest absolute Gasteiger partial charge is 0.480 e. The Balaban J connectivity index is 2.79. The summed E-state index contributed by atoms with van der Waals surface area (Å²) in [5.74, 6) is -2.83. The van der Waals surface area contributed by atoms with Crippen molar-refractivity contribution in [2.45, 2.75) is 43.9 Å². The van der Waals surface area contributed by atoms with E-state index in [1.807, 2.05) is 6.26 Å². The third kappa shape index (κ3) is 8.39. The highest BCUT2D eigenvalue weighted by molar-refractivity contribution is 7.98. The lowest BCUT2D eigenvalue weighted by Gasteiger charge is -2.23. The fourth-order valence-electron chi connectivity index (χ4n) is 2.36. The minimum Gasteiger partial charge on any atom is -0.480 e. The average Bonchev–Trinajstić information content (AvgIpc) is 3.21. The summed E-state index contributed by atoms with van der Waals surface area (Å²) in [6.07, 6.45) is 4.84. The van der Waals surface area contributed by atoms with Crippen molar-refractivity contribution in [2.24, 2.45) is 5.73 Å². The van der Waals surface area contributed by atoms with Crippen molar-refractivity contribution in [2.75, 3.05) is 18.6 Å². The van der Waals surface area contributed by atoms with Gasteiger partial charge in [-0.1, -0.05) is 0 Å². The van der Waals surface area contributed by atoms with Gasteiger partial charge in [0.15, 0.2) is 0 Å². The molecule has 0 radical (unpaired) electrons. The Morgan fingerprint density at radius 2 is 1.73 bits per heavy atom. The molecular formula is C17H28N6O6S. The van der Waals surface area contributed by atoms with Crippen LogP contribution in [0.4, 0.5) is 0 Å². The Bertz CT molecular complexity index is 714. The number of carbonyl (C=O) groups is 4. The van der Waals surface area contributed by atoms with E-state index >= 15 is 0 Å². The molecule has 1 heterocycles. The maximum Gasteiger partial charge on any atom is 0.326 e. The number of hydrogen-bond donors (Lipinski definition) is 7. The second-order valence-corrected chi connectivity index (χ2v) is 7.54. The van der Waals surface area contributed by atoms with Gasteiger partial charge in [-0.25, -0.2) is 9.78 Å². The summed E-state index contributed by atoms with van der Waals surface area (Å²) < 4.78 is 0. The number of nitrogens with one attached hydrogen (secondary N) is 4. The number of amides is 3. The van der Waals surface area contributed by atoms with Gasteiger partial charge in [0.2, 0.25) is 17.7 Å². The summed E-state index contributed by atoms with van der Waals surface area (Å²) in [7, 11) is 0. The summed E-state index contributed by atoms with van der Waals surface area (Å²) in [4.78, 5) is 54.8. The number of nitrogens with zero attached hydrogens (tertiary/aromatic N) is 1. The molecule has 3 amide bonds. The fourth-order valence-corrected chi connectivity index (χ4v) is 2.83. The molecule has 0 saturated carbocycles. The molecule has 13 heteroatoms. The van der Waals surface area contributed by atoms with Crippen LogP contribution in [-0.2, 0) is 25.6 Å². The molecule has 4 unspecified atom stereocenters. The van der Waals surface area contributed by atoms with Gasteiger partial charge in [-0.05, 0) is 25.4 Å². The summed E-state index contributed by atoms with van der Waals surface area (Å²) in [6, 6.07) is -4.48. The van der Waals surface area contributed by atoms with E-state index in [4.69, 9.17) is 5.73 Å². The summed E-state index contributed by atoms with van der Waals surface area (Å²) in [5, 5.41) is 26.0. The van der Waals surface area contributed by atoms with Gasteiger partial charge in [0, 0.05) is 18.3 Å². The topological polar surface area (TPSA) is 200 Å². The van der Waals surface area contributed by atoms with Gasteiger partial charge in [-0.3, -0.25) is 14.4 Å². The second-order valence-electron chi connectivity index (χ2n) is 6.56. The third-order valence-electron chi connectivity index (χ3n) is 4.07. The monoisotopic (exact) mass is 444 g/mol. The van der Waals surface area contributed by atoms with Crippen molar-refractivity contribution in [3.63, 3.8) is 0 Å². The highest BCUT2D eigenvalue weighted by Gasteiger charge is 2.29. The fraction of sp³-hybridized carbons (Fsp3) is 0.588. The summed E-state index contributed by atoms with van der Waals surface area (Å²) in [6.45, 7) is 0.707. The molecule has 1 aromatic rings. The van der Waals surface area contributed by atoms with Crippen molar-refractivity contribution < 1.29 is 29.4 Å². The highest BCUT2D eigenvalue weighted by atomic mass is 32.2. The first-order valence-corrected chi connectivity index (χ1v) is 10.6. The van der Waals surface area contributed by atoms with Crippen LogP contribution in [0.15, 0.2) is 12.5 Å². The lowest BCUT2D eigenvalue weighted by molar-refractivity contribution is -0.142. The maximum absolute atomic E-state index is 12.6. The van der Waals surface area contributed by atoms with Crippen molar-refractivity contribution in [3.05, 3.63) is 18.2 Å². The zero-order chi connectivity index (χ0) is 22.7.